The fraction of sp³-hybridized carbons (Fsp3) is 0.200. The third kappa shape index (κ3) is 4.84. The van der Waals surface area contributed by atoms with Crippen LogP contribution in [-0.2, 0) is 6.42 Å². The molecule has 4 heteroatoms. The van der Waals surface area contributed by atoms with Gasteiger partial charge in [-0.15, -0.1) is 11.8 Å². The van der Waals surface area contributed by atoms with Crippen molar-refractivity contribution in [2.24, 2.45) is 0 Å². The van der Waals surface area contributed by atoms with E-state index in [1.54, 1.807) is 11.8 Å². The number of aliphatic hydroxyl groups is 1. The molecule has 19 heavy (non-hydrogen) atoms. The second-order valence-electron chi connectivity index (χ2n) is 4.23. The molecule has 0 fully saturated rings. The minimum atomic E-state index is -0.379. The Morgan fingerprint density at radius 1 is 1.16 bits per heavy atom. The van der Waals surface area contributed by atoms with Gasteiger partial charge in [0, 0.05) is 20.1 Å². The predicted molar refractivity (Wildman–Crippen MR) is 86.0 cm³/mol. The molecule has 1 atom stereocenters. The Bertz CT molecular complexity index is 547. The summed E-state index contributed by atoms with van der Waals surface area (Å²) >= 11 is 11.1. The second-order valence-corrected chi connectivity index (χ2v) is 6.58. The molecule has 2 rings (SSSR count). The van der Waals surface area contributed by atoms with E-state index in [2.05, 4.69) is 15.9 Å². The first-order valence-electron chi connectivity index (χ1n) is 5.95. The summed E-state index contributed by atoms with van der Waals surface area (Å²) in [6.07, 6.45) is 0.244. The Morgan fingerprint density at radius 2 is 1.95 bits per heavy atom. The smallest absolute Gasteiger partial charge is 0.0674 e. The van der Waals surface area contributed by atoms with Crippen LogP contribution in [0.25, 0.3) is 0 Å². The Kier molecular flexibility index (Phi) is 5.76. The Morgan fingerprint density at radius 3 is 2.68 bits per heavy atom. The van der Waals surface area contributed by atoms with Crippen LogP contribution in [0.4, 0.5) is 0 Å². The average Bonchev–Trinajstić information content (AvgIpc) is 2.38. The van der Waals surface area contributed by atoms with Crippen molar-refractivity contribution in [1.29, 1.82) is 0 Å². The molecular formula is C15H14BrClOS. The number of thioether (sulfide) groups is 1. The van der Waals surface area contributed by atoms with Gasteiger partial charge in [0.25, 0.3) is 0 Å². The molecule has 100 valence electrons. The molecule has 0 aliphatic rings. The van der Waals surface area contributed by atoms with Crippen LogP contribution in [0.3, 0.4) is 0 Å². The van der Waals surface area contributed by atoms with Crippen molar-refractivity contribution in [2.45, 2.75) is 17.4 Å². The highest BCUT2D eigenvalue weighted by molar-refractivity contribution is 9.10. The number of rotatable bonds is 5. The first-order valence-corrected chi connectivity index (χ1v) is 8.10. The van der Waals surface area contributed by atoms with Crippen LogP contribution in [-0.4, -0.2) is 17.0 Å². The van der Waals surface area contributed by atoms with E-state index in [1.165, 1.54) is 0 Å². The second kappa shape index (κ2) is 7.34. The van der Waals surface area contributed by atoms with Gasteiger partial charge in [0.1, 0.15) is 0 Å². The van der Waals surface area contributed by atoms with Gasteiger partial charge in [-0.25, -0.2) is 0 Å². The van der Waals surface area contributed by atoms with Gasteiger partial charge >= 0.3 is 0 Å². The van der Waals surface area contributed by atoms with Gasteiger partial charge in [0.05, 0.1) is 6.10 Å². The standard InChI is InChI=1S/C15H14BrClOS/c16-14-6-1-2-7-15(14)19-10-13(18)9-11-4-3-5-12(17)8-11/h1-8,13,18H,9-10H2. The van der Waals surface area contributed by atoms with Crippen LogP contribution >= 0.6 is 39.3 Å². The number of aliphatic hydroxyl groups excluding tert-OH is 1. The van der Waals surface area contributed by atoms with Crippen LogP contribution in [0, 0.1) is 0 Å². The van der Waals surface area contributed by atoms with Crippen LogP contribution in [0.15, 0.2) is 57.9 Å². The third-order valence-electron chi connectivity index (χ3n) is 2.63. The van der Waals surface area contributed by atoms with E-state index in [9.17, 15) is 5.11 Å². The van der Waals surface area contributed by atoms with Gasteiger partial charge in [0.15, 0.2) is 0 Å². The van der Waals surface area contributed by atoms with Crippen molar-refractivity contribution in [2.75, 3.05) is 5.75 Å². The molecule has 0 heterocycles. The predicted octanol–water partition coefficient (Wildman–Crippen LogP) is 4.80. The number of halogens is 2. The van der Waals surface area contributed by atoms with E-state index in [-0.39, 0.29) is 6.10 Å². The lowest BCUT2D eigenvalue weighted by Gasteiger charge is -2.11. The largest absolute Gasteiger partial charge is 0.392 e. The highest BCUT2D eigenvalue weighted by Crippen LogP contribution is 2.27. The van der Waals surface area contributed by atoms with Crippen molar-refractivity contribution in [1.82, 2.24) is 0 Å². The fourth-order valence-electron chi connectivity index (χ4n) is 1.74. The van der Waals surface area contributed by atoms with Crippen molar-refractivity contribution in [3.63, 3.8) is 0 Å². The molecule has 0 aliphatic carbocycles. The van der Waals surface area contributed by atoms with E-state index < -0.39 is 0 Å². The molecular weight excluding hydrogens is 344 g/mol. The van der Waals surface area contributed by atoms with E-state index in [0.717, 1.165) is 14.9 Å². The van der Waals surface area contributed by atoms with Crippen LogP contribution in [0.5, 0.6) is 0 Å². The van der Waals surface area contributed by atoms with Gasteiger partial charge in [-0.2, -0.15) is 0 Å². The summed E-state index contributed by atoms with van der Waals surface area (Å²) in [7, 11) is 0. The van der Waals surface area contributed by atoms with E-state index in [4.69, 9.17) is 11.6 Å². The normalized spacial score (nSPS) is 12.4. The summed E-state index contributed by atoms with van der Waals surface area (Å²) in [5.74, 6) is 0.662. The zero-order valence-corrected chi connectivity index (χ0v) is 13.4. The van der Waals surface area contributed by atoms with Crippen LogP contribution in [0.1, 0.15) is 5.56 Å². The maximum atomic E-state index is 10.1. The maximum absolute atomic E-state index is 10.1. The van der Waals surface area contributed by atoms with E-state index in [1.807, 2.05) is 48.5 Å². The summed E-state index contributed by atoms with van der Waals surface area (Å²) in [6.45, 7) is 0. The molecule has 1 nitrogen and oxygen atoms in total. The molecule has 0 saturated carbocycles. The average molecular weight is 358 g/mol. The third-order valence-corrected chi connectivity index (χ3v) is 5.04. The molecule has 0 aliphatic heterocycles. The number of hydrogen-bond acceptors (Lipinski definition) is 2. The highest BCUT2D eigenvalue weighted by Gasteiger charge is 2.08. The zero-order valence-electron chi connectivity index (χ0n) is 10.2. The van der Waals surface area contributed by atoms with E-state index in [0.29, 0.717) is 17.2 Å². The van der Waals surface area contributed by atoms with Gasteiger partial charge in [-0.05, 0) is 52.2 Å². The molecule has 0 saturated heterocycles. The number of benzene rings is 2. The summed E-state index contributed by atoms with van der Waals surface area (Å²) in [4.78, 5) is 1.15. The van der Waals surface area contributed by atoms with Gasteiger partial charge in [-0.1, -0.05) is 35.9 Å². The Balaban J connectivity index is 1.88. The van der Waals surface area contributed by atoms with Crippen molar-refractivity contribution in [3.05, 3.63) is 63.6 Å². The molecule has 0 spiro atoms. The number of hydrogen-bond donors (Lipinski definition) is 1. The molecule has 2 aromatic rings. The minimum absolute atomic E-state index is 0.379. The Hall–Kier alpha value is -0.480. The van der Waals surface area contributed by atoms with Crippen molar-refractivity contribution >= 4 is 39.3 Å². The molecule has 1 N–H and O–H groups in total. The Labute approximate surface area is 131 Å². The lowest BCUT2D eigenvalue weighted by Crippen LogP contribution is -2.13. The molecule has 0 amide bonds. The maximum Gasteiger partial charge on any atom is 0.0674 e. The minimum Gasteiger partial charge on any atom is -0.392 e. The first-order chi connectivity index (χ1) is 9.15. The van der Waals surface area contributed by atoms with Gasteiger partial charge in [-0.3, -0.25) is 0 Å². The highest BCUT2D eigenvalue weighted by atomic mass is 79.9. The fourth-order valence-corrected chi connectivity index (χ4v) is 3.45. The lowest BCUT2D eigenvalue weighted by atomic mass is 10.1. The quantitative estimate of drug-likeness (QED) is 0.776. The summed E-state index contributed by atoms with van der Waals surface area (Å²) < 4.78 is 1.06. The SMILES string of the molecule is OC(CSc1ccccc1Br)Cc1cccc(Cl)c1. The van der Waals surface area contributed by atoms with Gasteiger partial charge in [0.2, 0.25) is 0 Å². The monoisotopic (exact) mass is 356 g/mol. The lowest BCUT2D eigenvalue weighted by molar-refractivity contribution is 0.200. The summed E-state index contributed by atoms with van der Waals surface area (Å²) in [6, 6.07) is 15.7. The molecule has 0 aromatic heterocycles. The molecule has 0 radical (unpaired) electrons. The van der Waals surface area contributed by atoms with Crippen LogP contribution < -0.4 is 0 Å². The summed E-state index contributed by atoms with van der Waals surface area (Å²) in [5, 5.41) is 10.8. The van der Waals surface area contributed by atoms with Crippen LogP contribution in [0.2, 0.25) is 5.02 Å². The molecule has 0 bridgehead atoms. The molecule has 2 aromatic carbocycles. The topological polar surface area (TPSA) is 20.2 Å². The first kappa shape index (κ1) is 14.9. The molecule has 1 unspecified atom stereocenters. The summed E-state index contributed by atoms with van der Waals surface area (Å²) in [5.41, 5.74) is 1.06. The van der Waals surface area contributed by atoms with Gasteiger partial charge < -0.3 is 5.11 Å². The zero-order chi connectivity index (χ0) is 13.7. The van der Waals surface area contributed by atoms with Crippen molar-refractivity contribution in [3.8, 4) is 0 Å². The van der Waals surface area contributed by atoms with Crippen molar-refractivity contribution < 1.29 is 5.11 Å². The van der Waals surface area contributed by atoms with E-state index >= 15 is 0 Å².